The summed E-state index contributed by atoms with van der Waals surface area (Å²) in [6.07, 6.45) is 0. The highest BCUT2D eigenvalue weighted by atomic mass is 16.5. The SMILES string of the molecule is CCOC(=O)C1=C(CN(C)C)C(=O)Nc2cc(C)ccc2N1. The Kier molecular flexibility index (Phi) is 4.82. The molecule has 0 saturated carbocycles. The topological polar surface area (TPSA) is 70.7 Å². The van der Waals surface area contributed by atoms with Gasteiger partial charge in [0.1, 0.15) is 5.70 Å². The van der Waals surface area contributed by atoms with Gasteiger partial charge in [-0.1, -0.05) is 6.07 Å². The fourth-order valence-electron chi connectivity index (χ4n) is 2.24. The number of amides is 1. The largest absolute Gasteiger partial charge is 0.461 e. The van der Waals surface area contributed by atoms with Crippen LogP contribution in [0.1, 0.15) is 12.5 Å². The molecule has 1 heterocycles. The molecule has 1 aliphatic rings. The van der Waals surface area contributed by atoms with Gasteiger partial charge in [-0.2, -0.15) is 0 Å². The normalized spacial score (nSPS) is 14.1. The number of nitrogens with one attached hydrogen (secondary N) is 2. The maximum absolute atomic E-state index is 12.5. The van der Waals surface area contributed by atoms with E-state index in [-0.39, 0.29) is 18.2 Å². The molecular weight excluding hydrogens is 282 g/mol. The van der Waals surface area contributed by atoms with Crippen molar-refractivity contribution in [2.45, 2.75) is 13.8 Å². The van der Waals surface area contributed by atoms with Crippen molar-refractivity contribution in [3.63, 3.8) is 0 Å². The zero-order valence-corrected chi connectivity index (χ0v) is 13.3. The average molecular weight is 303 g/mol. The van der Waals surface area contributed by atoms with Crippen LogP contribution in [-0.4, -0.2) is 44.0 Å². The number of esters is 1. The molecule has 0 atom stereocenters. The lowest BCUT2D eigenvalue weighted by Crippen LogP contribution is -2.28. The maximum Gasteiger partial charge on any atom is 0.355 e. The van der Waals surface area contributed by atoms with Gasteiger partial charge in [0.25, 0.3) is 5.91 Å². The van der Waals surface area contributed by atoms with E-state index >= 15 is 0 Å². The minimum Gasteiger partial charge on any atom is -0.461 e. The number of nitrogens with zero attached hydrogens (tertiary/aromatic N) is 1. The third kappa shape index (κ3) is 3.46. The van der Waals surface area contributed by atoms with Crippen LogP contribution in [0.15, 0.2) is 29.5 Å². The minimum atomic E-state index is -0.525. The Bertz CT molecular complexity index is 636. The Morgan fingerprint density at radius 1 is 1.23 bits per heavy atom. The molecule has 1 amide bonds. The van der Waals surface area contributed by atoms with Crippen molar-refractivity contribution in [1.29, 1.82) is 0 Å². The third-order valence-electron chi connectivity index (χ3n) is 3.21. The van der Waals surface area contributed by atoms with Gasteiger partial charge in [0.05, 0.1) is 23.6 Å². The highest BCUT2D eigenvalue weighted by Gasteiger charge is 2.27. The van der Waals surface area contributed by atoms with Gasteiger partial charge in [0.2, 0.25) is 0 Å². The van der Waals surface area contributed by atoms with Crippen molar-refractivity contribution in [3.05, 3.63) is 35.0 Å². The number of rotatable bonds is 4. The zero-order valence-electron chi connectivity index (χ0n) is 13.3. The van der Waals surface area contributed by atoms with Crippen LogP contribution in [0.2, 0.25) is 0 Å². The van der Waals surface area contributed by atoms with Crippen molar-refractivity contribution < 1.29 is 14.3 Å². The lowest BCUT2D eigenvalue weighted by atomic mass is 10.1. The molecule has 2 N–H and O–H groups in total. The first-order valence-corrected chi connectivity index (χ1v) is 7.16. The van der Waals surface area contributed by atoms with E-state index < -0.39 is 5.97 Å². The molecule has 0 radical (unpaired) electrons. The molecule has 0 aromatic heterocycles. The molecule has 1 aromatic carbocycles. The first kappa shape index (κ1) is 16.0. The van der Waals surface area contributed by atoms with E-state index in [2.05, 4.69) is 10.6 Å². The van der Waals surface area contributed by atoms with Gasteiger partial charge < -0.3 is 20.3 Å². The zero-order chi connectivity index (χ0) is 16.3. The van der Waals surface area contributed by atoms with Gasteiger partial charge in [0.15, 0.2) is 0 Å². The van der Waals surface area contributed by atoms with Crippen LogP contribution in [0, 0.1) is 6.92 Å². The molecule has 0 aliphatic carbocycles. The number of ether oxygens (including phenoxy) is 1. The van der Waals surface area contributed by atoms with E-state index in [1.54, 1.807) is 6.92 Å². The molecule has 1 aromatic rings. The summed E-state index contributed by atoms with van der Waals surface area (Å²) in [6, 6.07) is 5.61. The number of anilines is 2. The first-order valence-electron chi connectivity index (χ1n) is 7.16. The molecule has 1 aliphatic heterocycles. The predicted octanol–water partition coefficient (Wildman–Crippen LogP) is 1.74. The van der Waals surface area contributed by atoms with Crippen LogP contribution < -0.4 is 10.6 Å². The highest BCUT2D eigenvalue weighted by molar-refractivity contribution is 6.13. The molecule has 0 saturated heterocycles. The molecule has 6 nitrogen and oxygen atoms in total. The summed E-state index contributed by atoms with van der Waals surface area (Å²) in [7, 11) is 3.68. The fourth-order valence-corrected chi connectivity index (χ4v) is 2.24. The van der Waals surface area contributed by atoms with Crippen molar-refractivity contribution in [3.8, 4) is 0 Å². The lowest BCUT2D eigenvalue weighted by molar-refractivity contribution is -0.138. The van der Waals surface area contributed by atoms with Crippen LogP contribution in [0.3, 0.4) is 0 Å². The number of hydrogen-bond acceptors (Lipinski definition) is 5. The minimum absolute atomic E-state index is 0.190. The summed E-state index contributed by atoms with van der Waals surface area (Å²) < 4.78 is 5.08. The molecule has 118 valence electrons. The van der Waals surface area contributed by atoms with Gasteiger partial charge in [-0.15, -0.1) is 0 Å². The van der Waals surface area contributed by atoms with E-state index in [0.29, 0.717) is 23.5 Å². The van der Waals surface area contributed by atoms with E-state index in [4.69, 9.17) is 4.74 Å². The Morgan fingerprint density at radius 3 is 2.59 bits per heavy atom. The van der Waals surface area contributed by atoms with Gasteiger partial charge in [-0.3, -0.25) is 4.79 Å². The fraction of sp³-hybridized carbons (Fsp3) is 0.375. The Hall–Kier alpha value is -2.34. The Balaban J connectivity index is 2.49. The lowest BCUT2D eigenvalue weighted by Gasteiger charge is -2.15. The molecule has 0 fully saturated rings. The summed E-state index contributed by atoms with van der Waals surface area (Å²) in [5.74, 6) is -0.823. The predicted molar refractivity (Wildman–Crippen MR) is 85.6 cm³/mol. The standard InChI is InChI=1S/C16H21N3O3/c1-5-22-16(21)14-11(9-19(3)4)15(20)18-13-8-10(2)6-7-12(13)17-14/h6-8,17H,5,9H2,1-4H3,(H,18,20). The number of aryl methyl sites for hydroxylation is 1. The first-order chi connectivity index (χ1) is 10.4. The number of carbonyl (C=O) groups excluding carboxylic acids is 2. The number of carbonyl (C=O) groups is 2. The number of hydrogen-bond donors (Lipinski definition) is 2. The van der Waals surface area contributed by atoms with Crippen LogP contribution in [-0.2, 0) is 14.3 Å². The summed E-state index contributed by atoms with van der Waals surface area (Å²) >= 11 is 0. The van der Waals surface area contributed by atoms with Crippen molar-refractivity contribution in [2.75, 3.05) is 37.9 Å². The number of benzene rings is 1. The monoisotopic (exact) mass is 303 g/mol. The van der Waals surface area contributed by atoms with E-state index in [9.17, 15) is 9.59 Å². The van der Waals surface area contributed by atoms with Crippen LogP contribution in [0.4, 0.5) is 11.4 Å². The van der Waals surface area contributed by atoms with Crippen LogP contribution >= 0.6 is 0 Å². The molecule has 22 heavy (non-hydrogen) atoms. The third-order valence-corrected chi connectivity index (χ3v) is 3.21. The van der Waals surface area contributed by atoms with Gasteiger partial charge in [-0.05, 0) is 45.6 Å². The van der Waals surface area contributed by atoms with Crippen molar-refractivity contribution in [1.82, 2.24) is 4.90 Å². The average Bonchev–Trinajstić information content (AvgIpc) is 2.56. The van der Waals surface area contributed by atoms with Crippen LogP contribution in [0.25, 0.3) is 0 Å². The van der Waals surface area contributed by atoms with E-state index in [1.807, 2.05) is 44.1 Å². The highest BCUT2D eigenvalue weighted by Crippen LogP contribution is 2.29. The number of likely N-dealkylation sites (N-methyl/N-ethyl adjacent to an activating group) is 1. The molecular formula is C16H21N3O3. The summed E-state index contributed by atoms with van der Waals surface area (Å²) in [6.45, 7) is 4.26. The van der Waals surface area contributed by atoms with Crippen molar-refractivity contribution in [2.24, 2.45) is 0 Å². The molecule has 2 rings (SSSR count). The molecule has 6 heteroatoms. The molecule has 0 spiro atoms. The number of fused-ring (bicyclic) bond motifs is 1. The van der Waals surface area contributed by atoms with E-state index in [1.165, 1.54) is 0 Å². The summed E-state index contributed by atoms with van der Waals surface area (Å²) in [5.41, 5.74) is 2.90. The Labute approximate surface area is 130 Å². The summed E-state index contributed by atoms with van der Waals surface area (Å²) in [4.78, 5) is 26.6. The second kappa shape index (κ2) is 6.62. The summed E-state index contributed by atoms with van der Waals surface area (Å²) in [5, 5.41) is 5.90. The smallest absolute Gasteiger partial charge is 0.355 e. The van der Waals surface area contributed by atoms with Gasteiger partial charge >= 0.3 is 5.97 Å². The van der Waals surface area contributed by atoms with E-state index in [0.717, 1.165) is 5.56 Å². The van der Waals surface area contributed by atoms with Crippen LogP contribution in [0.5, 0.6) is 0 Å². The maximum atomic E-state index is 12.5. The second-order valence-electron chi connectivity index (χ2n) is 5.44. The molecule has 0 bridgehead atoms. The molecule has 0 unspecified atom stereocenters. The quantitative estimate of drug-likeness (QED) is 0.829. The Morgan fingerprint density at radius 2 is 1.95 bits per heavy atom. The van der Waals surface area contributed by atoms with Crippen molar-refractivity contribution >= 4 is 23.3 Å². The van der Waals surface area contributed by atoms with Gasteiger partial charge in [-0.25, -0.2) is 4.79 Å². The second-order valence-corrected chi connectivity index (χ2v) is 5.44. The van der Waals surface area contributed by atoms with Gasteiger partial charge in [0, 0.05) is 6.54 Å².